The van der Waals surface area contributed by atoms with Crippen LogP contribution in [0.25, 0.3) is 11.1 Å². The average molecular weight is 581 g/mol. The van der Waals surface area contributed by atoms with Gasteiger partial charge in [-0.15, -0.1) is 0 Å². The molecule has 43 heavy (non-hydrogen) atoms. The Labute approximate surface area is 251 Å². The molecule has 0 unspecified atom stereocenters. The molecule has 0 radical (unpaired) electrons. The Hall–Kier alpha value is -4.66. The van der Waals surface area contributed by atoms with Crippen molar-refractivity contribution in [2.75, 3.05) is 19.8 Å². The highest BCUT2D eigenvalue weighted by molar-refractivity contribution is 5.87. The third-order valence-corrected chi connectivity index (χ3v) is 7.68. The number of benzene rings is 4. The predicted octanol–water partition coefficient (Wildman–Crippen LogP) is 5.72. The van der Waals surface area contributed by atoms with Crippen molar-refractivity contribution in [1.29, 1.82) is 0 Å². The van der Waals surface area contributed by atoms with Crippen LogP contribution in [0.3, 0.4) is 0 Å². The summed E-state index contributed by atoms with van der Waals surface area (Å²) in [6, 6.07) is 27.1. The van der Waals surface area contributed by atoms with Crippen molar-refractivity contribution in [1.82, 2.24) is 10.2 Å². The Bertz CT molecular complexity index is 1570. The first-order valence-electron chi connectivity index (χ1n) is 14.3. The van der Waals surface area contributed by atoms with E-state index in [1.807, 2.05) is 62.4 Å². The molecule has 1 aliphatic rings. The molecule has 8 heteroatoms. The minimum atomic E-state index is -0.989. The zero-order valence-electron chi connectivity index (χ0n) is 24.3. The number of nitrogens with zero attached hydrogens (tertiary/aromatic N) is 1. The summed E-state index contributed by atoms with van der Waals surface area (Å²) in [5.41, 5.74) is 5.97. The van der Waals surface area contributed by atoms with Crippen molar-refractivity contribution < 1.29 is 29.3 Å². The lowest BCUT2D eigenvalue weighted by molar-refractivity contribution is -0.133. The number of rotatable bonds is 10. The van der Waals surface area contributed by atoms with Crippen LogP contribution in [0, 0.1) is 6.92 Å². The zero-order chi connectivity index (χ0) is 30.3. The molecule has 0 spiro atoms. The molecule has 5 rings (SSSR count). The number of aryl methyl sites for hydroxylation is 1. The van der Waals surface area contributed by atoms with Crippen LogP contribution in [0.4, 0.5) is 0 Å². The van der Waals surface area contributed by atoms with E-state index in [1.54, 1.807) is 24.3 Å². The van der Waals surface area contributed by atoms with Gasteiger partial charge in [0, 0.05) is 13.1 Å². The second-order valence-corrected chi connectivity index (χ2v) is 10.9. The van der Waals surface area contributed by atoms with Crippen molar-refractivity contribution in [3.05, 3.63) is 119 Å². The molecular formula is C35H36N2O6. The highest BCUT2D eigenvalue weighted by Crippen LogP contribution is 2.32. The van der Waals surface area contributed by atoms with Gasteiger partial charge in [0.25, 0.3) is 0 Å². The molecule has 1 amide bonds. The van der Waals surface area contributed by atoms with Crippen LogP contribution in [-0.2, 0) is 22.7 Å². The van der Waals surface area contributed by atoms with Crippen LogP contribution in [0.1, 0.15) is 45.6 Å². The number of phenols is 1. The van der Waals surface area contributed by atoms with E-state index in [2.05, 4.69) is 16.3 Å². The third-order valence-electron chi connectivity index (χ3n) is 7.68. The van der Waals surface area contributed by atoms with Gasteiger partial charge in [0.2, 0.25) is 5.91 Å². The van der Waals surface area contributed by atoms with Crippen LogP contribution in [0.5, 0.6) is 11.5 Å². The second kappa shape index (κ2) is 13.5. The number of morpholine rings is 1. The molecule has 0 aliphatic carbocycles. The fourth-order valence-corrected chi connectivity index (χ4v) is 5.31. The summed E-state index contributed by atoms with van der Waals surface area (Å²) in [4.78, 5) is 26.8. The van der Waals surface area contributed by atoms with E-state index < -0.39 is 12.0 Å². The Morgan fingerprint density at radius 2 is 1.77 bits per heavy atom. The molecule has 2 atom stereocenters. The Morgan fingerprint density at radius 1 is 1.00 bits per heavy atom. The third kappa shape index (κ3) is 7.60. The van der Waals surface area contributed by atoms with Crippen molar-refractivity contribution in [3.63, 3.8) is 0 Å². The maximum Gasteiger partial charge on any atom is 0.335 e. The first-order chi connectivity index (χ1) is 20.8. The van der Waals surface area contributed by atoms with E-state index in [9.17, 15) is 19.8 Å². The number of aromatic carboxylic acids is 1. The normalized spacial score (nSPS) is 15.9. The highest BCUT2D eigenvalue weighted by atomic mass is 16.5. The minimum absolute atomic E-state index is 0.152. The van der Waals surface area contributed by atoms with Gasteiger partial charge in [-0.25, -0.2) is 4.79 Å². The first kappa shape index (κ1) is 29.8. The Morgan fingerprint density at radius 3 is 2.49 bits per heavy atom. The number of ether oxygens (including phenoxy) is 2. The number of carboxylic acids is 1. The van der Waals surface area contributed by atoms with Gasteiger partial charge >= 0.3 is 5.97 Å². The van der Waals surface area contributed by atoms with E-state index in [0.717, 1.165) is 39.1 Å². The van der Waals surface area contributed by atoms with Crippen LogP contribution < -0.4 is 10.1 Å². The molecule has 1 aliphatic heterocycles. The van der Waals surface area contributed by atoms with Gasteiger partial charge in [-0.1, -0.05) is 48.5 Å². The number of hydrogen-bond acceptors (Lipinski definition) is 6. The lowest BCUT2D eigenvalue weighted by atomic mass is 9.97. The largest absolute Gasteiger partial charge is 0.508 e. The summed E-state index contributed by atoms with van der Waals surface area (Å²) >= 11 is 0. The van der Waals surface area contributed by atoms with Gasteiger partial charge in [0.05, 0.1) is 24.8 Å². The molecule has 1 saturated heterocycles. The summed E-state index contributed by atoms with van der Waals surface area (Å²) in [5, 5.41) is 22.2. The second-order valence-electron chi connectivity index (χ2n) is 10.9. The van der Waals surface area contributed by atoms with Gasteiger partial charge in [-0.3, -0.25) is 9.69 Å². The fourth-order valence-electron chi connectivity index (χ4n) is 5.31. The maximum atomic E-state index is 13.5. The number of carbonyl (C=O) groups is 2. The first-order valence-corrected chi connectivity index (χ1v) is 14.3. The number of phenolic OH excluding ortho intramolecular Hbond substituents is 1. The predicted molar refractivity (Wildman–Crippen MR) is 164 cm³/mol. The quantitative estimate of drug-likeness (QED) is 0.220. The van der Waals surface area contributed by atoms with Gasteiger partial charge in [-0.2, -0.15) is 0 Å². The summed E-state index contributed by atoms with van der Waals surface area (Å²) in [7, 11) is 0. The van der Waals surface area contributed by atoms with Crippen molar-refractivity contribution in [2.24, 2.45) is 0 Å². The van der Waals surface area contributed by atoms with E-state index in [-0.39, 0.29) is 29.9 Å². The molecule has 0 saturated carbocycles. The average Bonchev–Trinajstić information content (AvgIpc) is 3.00. The molecule has 0 bridgehead atoms. The molecule has 8 nitrogen and oxygen atoms in total. The van der Waals surface area contributed by atoms with Gasteiger partial charge in [0.1, 0.15) is 24.1 Å². The monoisotopic (exact) mass is 580 g/mol. The fraction of sp³-hybridized carbons (Fsp3) is 0.257. The van der Waals surface area contributed by atoms with Crippen molar-refractivity contribution in [2.45, 2.75) is 39.1 Å². The van der Waals surface area contributed by atoms with E-state index >= 15 is 0 Å². The van der Waals surface area contributed by atoms with E-state index in [0.29, 0.717) is 26.3 Å². The number of nitrogens with one attached hydrogen (secondary N) is 1. The summed E-state index contributed by atoms with van der Waals surface area (Å²) in [6.45, 7) is 6.14. The molecule has 4 aromatic carbocycles. The summed E-state index contributed by atoms with van der Waals surface area (Å²) in [5.74, 6) is -0.208. The minimum Gasteiger partial charge on any atom is -0.508 e. The maximum absolute atomic E-state index is 13.5. The van der Waals surface area contributed by atoms with Crippen molar-refractivity contribution >= 4 is 11.9 Å². The lowest BCUT2D eigenvalue weighted by Crippen LogP contribution is -2.53. The molecule has 222 valence electrons. The van der Waals surface area contributed by atoms with Crippen LogP contribution in [0.15, 0.2) is 91.0 Å². The Balaban J connectivity index is 1.36. The van der Waals surface area contributed by atoms with Crippen LogP contribution in [-0.4, -0.2) is 52.8 Å². The van der Waals surface area contributed by atoms with Gasteiger partial charge in [0.15, 0.2) is 0 Å². The van der Waals surface area contributed by atoms with Crippen LogP contribution >= 0.6 is 0 Å². The smallest absolute Gasteiger partial charge is 0.335 e. The number of amides is 1. The molecule has 0 aromatic heterocycles. The SMILES string of the molecule is Cc1cc(O)ccc1-c1cc(CN2CCOC[C@@H]2C(=O)N[C@@H](C)c2ccc(C(=O)O)cc2)cc(OCc2ccccc2)c1. The molecule has 3 N–H and O–H groups in total. The lowest BCUT2D eigenvalue weighted by Gasteiger charge is -2.35. The molecule has 1 heterocycles. The molecule has 1 fully saturated rings. The number of aromatic hydroxyl groups is 1. The molecular weight excluding hydrogens is 544 g/mol. The summed E-state index contributed by atoms with van der Waals surface area (Å²) < 4.78 is 12.0. The topological polar surface area (TPSA) is 108 Å². The van der Waals surface area contributed by atoms with Gasteiger partial charge < -0.3 is 25.0 Å². The van der Waals surface area contributed by atoms with E-state index in [1.165, 1.54) is 12.1 Å². The number of carboxylic acid groups (broad SMARTS) is 1. The standard InChI is InChI=1S/C35H36N2O6/c1-23-16-30(38)12-13-32(23)29-17-26(18-31(19-29)43-21-25-6-4-3-5-7-25)20-37-14-15-42-22-33(37)34(39)36-24(2)27-8-10-28(11-9-27)35(40)41/h3-13,16-19,24,33,38H,14-15,20-22H2,1-2H3,(H,36,39)(H,40,41)/t24-,33+/m0/s1. The van der Waals surface area contributed by atoms with Gasteiger partial charge in [-0.05, 0) is 89.7 Å². The number of hydrogen-bond donors (Lipinski definition) is 3. The zero-order valence-corrected chi connectivity index (χ0v) is 24.3. The molecule has 4 aromatic rings. The van der Waals surface area contributed by atoms with Crippen molar-refractivity contribution in [3.8, 4) is 22.6 Å². The van der Waals surface area contributed by atoms with E-state index in [4.69, 9.17) is 9.47 Å². The number of carbonyl (C=O) groups excluding carboxylic acids is 1. The highest BCUT2D eigenvalue weighted by Gasteiger charge is 2.30. The van der Waals surface area contributed by atoms with Crippen LogP contribution in [0.2, 0.25) is 0 Å². The Kier molecular flexibility index (Phi) is 9.39. The summed E-state index contributed by atoms with van der Waals surface area (Å²) in [6.07, 6.45) is 0.